The molecule has 0 atom stereocenters. The average Bonchev–Trinajstić information content (AvgIpc) is 2.64. The molecule has 0 aromatic heterocycles. The Labute approximate surface area is 165 Å². The van der Waals surface area contributed by atoms with Crippen molar-refractivity contribution in [3.63, 3.8) is 0 Å². The standard InChI is InChI=1S/C23H38N4/c1-7-25-21(20(8-15-24)27-17(2)3)18(4)19(5)26-16-23-12-9-22(6,10-13-23)11-14-23/h7,25-26H,1,4-5,8-16,24H2,2-3,6H3/b21-20+. The second-order valence-corrected chi connectivity index (χ2v) is 8.89. The zero-order valence-corrected chi connectivity index (χ0v) is 17.6. The first-order valence-electron chi connectivity index (χ1n) is 10.2. The third-order valence-electron chi connectivity index (χ3n) is 6.39. The molecule has 4 heteroatoms. The average molecular weight is 371 g/mol. The lowest BCUT2D eigenvalue weighted by Gasteiger charge is -2.52. The highest BCUT2D eigenvalue weighted by Gasteiger charge is 2.45. The van der Waals surface area contributed by atoms with Crippen LogP contribution >= 0.6 is 0 Å². The topological polar surface area (TPSA) is 62.4 Å². The van der Waals surface area contributed by atoms with E-state index in [9.17, 15) is 0 Å². The summed E-state index contributed by atoms with van der Waals surface area (Å²) in [6.07, 6.45) is 10.4. The third kappa shape index (κ3) is 5.35. The number of hydrogen-bond acceptors (Lipinski definition) is 4. The minimum Gasteiger partial charge on any atom is -0.384 e. The first-order chi connectivity index (χ1) is 12.7. The molecule has 3 rings (SSSR count). The molecule has 3 aliphatic rings. The van der Waals surface area contributed by atoms with E-state index in [2.05, 4.69) is 42.3 Å². The number of fused-ring (bicyclic) bond motifs is 3. The lowest BCUT2D eigenvalue weighted by molar-refractivity contribution is 0.00558. The zero-order valence-electron chi connectivity index (χ0n) is 17.6. The van der Waals surface area contributed by atoms with Gasteiger partial charge < -0.3 is 16.4 Å². The van der Waals surface area contributed by atoms with Gasteiger partial charge in [0.25, 0.3) is 0 Å². The Hall–Kier alpha value is -1.81. The number of rotatable bonds is 10. The normalized spacial score (nSPS) is 27.4. The van der Waals surface area contributed by atoms with Crippen molar-refractivity contribution < 1.29 is 0 Å². The van der Waals surface area contributed by atoms with Gasteiger partial charge in [-0.05, 0) is 75.9 Å². The van der Waals surface area contributed by atoms with E-state index in [4.69, 9.17) is 5.73 Å². The van der Waals surface area contributed by atoms with Gasteiger partial charge in [0.05, 0.1) is 11.4 Å². The van der Waals surface area contributed by atoms with Crippen molar-refractivity contribution in [3.8, 4) is 0 Å². The van der Waals surface area contributed by atoms with Gasteiger partial charge in [-0.3, -0.25) is 4.99 Å². The molecule has 3 saturated carbocycles. The molecule has 3 fully saturated rings. The van der Waals surface area contributed by atoms with Crippen LogP contribution in [0, 0.1) is 10.8 Å². The van der Waals surface area contributed by atoms with E-state index >= 15 is 0 Å². The van der Waals surface area contributed by atoms with Crippen molar-refractivity contribution in [1.29, 1.82) is 0 Å². The van der Waals surface area contributed by atoms with Crippen LogP contribution in [0.4, 0.5) is 0 Å². The van der Waals surface area contributed by atoms with Crippen LogP contribution in [0.1, 0.15) is 65.7 Å². The highest BCUT2D eigenvalue weighted by atomic mass is 14.9. The molecule has 3 aliphatic carbocycles. The van der Waals surface area contributed by atoms with E-state index in [0.29, 0.717) is 23.8 Å². The van der Waals surface area contributed by atoms with Crippen molar-refractivity contribution in [2.45, 2.75) is 65.7 Å². The Morgan fingerprint density at radius 3 is 2.19 bits per heavy atom. The quantitative estimate of drug-likeness (QED) is 0.383. The van der Waals surface area contributed by atoms with Crippen molar-refractivity contribution in [1.82, 2.24) is 10.6 Å². The fourth-order valence-corrected chi connectivity index (χ4v) is 4.36. The minimum atomic E-state index is 0.426. The molecule has 4 nitrogen and oxygen atoms in total. The third-order valence-corrected chi connectivity index (χ3v) is 6.39. The van der Waals surface area contributed by atoms with Crippen LogP contribution in [0.2, 0.25) is 0 Å². The Morgan fingerprint density at radius 2 is 1.70 bits per heavy atom. The molecule has 0 amide bonds. The Bertz CT molecular complexity index is 625. The molecule has 0 unspecified atom stereocenters. The molecule has 0 aromatic rings. The van der Waals surface area contributed by atoms with E-state index in [1.54, 1.807) is 6.20 Å². The predicted octanol–water partition coefficient (Wildman–Crippen LogP) is 4.78. The first-order valence-corrected chi connectivity index (χ1v) is 10.2. The molecule has 2 bridgehead atoms. The number of nitrogens with zero attached hydrogens (tertiary/aromatic N) is 1. The van der Waals surface area contributed by atoms with E-state index in [1.807, 2.05) is 13.8 Å². The number of nitrogens with one attached hydrogen (secondary N) is 2. The van der Waals surface area contributed by atoms with Crippen molar-refractivity contribution in [3.05, 3.63) is 48.6 Å². The molecule has 27 heavy (non-hydrogen) atoms. The fourth-order valence-electron chi connectivity index (χ4n) is 4.36. The predicted molar refractivity (Wildman–Crippen MR) is 117 cm³/mol. The monoisotopic (exact) mass is 370 g/mol. The van der Waals surface area contributed by atoms with Crippen molar-refractivity contribution in [2.75, 3.05) is 13.1 Å². The van der Waals surface area contributed by atoms with Gasteiger partial charge in [-0.15, -0.1) is 0 Å². The largest absolute Gasteiger partial charge is 0.384 e. The van der Waals surface area contributed by atoms with Gasteiger partial charge in [0.2, 0.25) is 0 Å². The maximum absolute atomic E-state index is 5.80. The summed E-state index contributed by atoms with van der Waals surface area (Å²) in [7, 11) is 0. The van der Waals surface area contributed by atoms with E-state index in [1.165, 1.54) is 38.5 Å². The van der Waals surface area contributed by atoms with E-state index in [-0.39, 0.29) is 0 Å². The van der Waals surface area contributed by atoms with Gasteiger partial charge >= 0.3 is 0 Å². The number of aliphatic imine (C=N–C) groups is 1. The fraction of sp³-hybridized carbons (Fsp3) is 0.609. The van der Waals surface area contributed by atoms with Gasteiger partial charge in [0.15, 0.2) is 0 Å². The molecular formula is C23H38N4. The SMILES string of the molecule is C=CN/C(C(=C)C(=C)NCC12CCC(C)(CC1)CC2)=C(\CCN)N=C(C)C. The molecule has 150 valence electrons. The summed E-state index contributed by atoms with van der Waals surface area (Å²) in [6, 6.07) is 0. The molecule has 0 saturated heterocycles. The molecule has 4 N–H and O–H groups in total. The van der Waals surface area contributed by atoms with Gasteiger partial charge in [-0.2, -0.15) is 0 Å². The van der Waals surface area contributed by atoms with Crippen LogP contribution in [0.25, 0.3) is 0 Å². The van der Waals surface area contributed by atoms with Gasteiger partial charge in [0.1, 0.15) is 0 Å². The second kappa shape index (κ2) is 8.92. The Balaban J connectivity index is 2.10. The van der Waals surface area contributed by atoms with Crippen LogP contribution in [-0.4, -0.2) is 18.8 Å². The molecule has 0 radical (unpaired) electrons. The maximum atomic E-state index is 5.80. The van der Waals surface area contributed by atoms with Crippen LogP contribution in [0.15, 0.2) is 53.6 Å². The van der Waals surface area contributed by atoms with Crippen LogP contribution in [-0.2, 0) is 0 Å². The zero-order chi connectivity index (χ0) is 20.1. The molecule has 0 heterocycles. The summed E-state index contributed by atoms with van der Waals surface area (Å²) in [6.45, 7) is 20.3. The highest BCUT2D eigenvalue weighted by Crippen LogP contribution is 2.56. The molecule has 0 aromatic carbocycles. The van der Waals surface area contributed by atoms with Crippen molar-refractivity contribution >= 4 is 5.71 Å². The first kappa shape index (κ1) is 21.5. The summed E-state index contributed by atoms with van der Waals surface area (Å²) < 4.78 is 0. The minimum absolute atomic E-state index is 0.426. The van der Waals surface area contributed by atoms with Crippen LogP contribution in [0.3, 0.4) is 0 Å². The summed E-state index contributed by atoms with van der Waals surface area (Å²) in [5.41, 5.74) is 11.2. The lowest BCUT2D eigenvalue weighted by Crippen LogP contribution is -2.45. The van der Waals surface area contributed by atoms with Crippen LogP contribution in [0.5, 0.6) is 0 Å². The Kier molecular flexibility index (Phi) is 7.10. The summed E-state index contributed by atoms with van der Waals surface area (Å²) in [4.78, 5) is 4.66. The summed E-state index contributed by atoms with van der Waals surface area (Å²) >= 11 is 0. The Morgan fingerprint density at radius 1 is 1.11 bits per heavy atom. The smallest absolute Gasteiger partial charge is 0.0686 e. The summed E-state index contributed by atoms with van der Waals surface area (Å²) in [5, 5.41) is 6.80. The molecule has 0 spiro atoms. The number of nitrogens with two attached hydrogens (primary N) is 1. The van der Waals surface area contributed by atoms with Gasteiger partial charge in [-0.25, -0.2) is 0 Å². The van der Waals surface area contributed by atoms with Crippen molar-refractivity contribution in [2.24, 2.45) is 21.6 Å². The van der Waals surface area contributed by atoms with Gasteiger partial charge in [-0.1, -0.05) is 26.7 Å². The summed E-state index contributed by atoms with van der Waals surface area (Å²) in [5.74, 6) is 0. The van der Waals surface area contributed by atoms with E-state index in [0.717, 1.165) is 34.9 Å². The maximum Gasteiger partial charge on any atom is 0.0686 e. The highest BCUT2D eigenvalue weighted by molar-refractivity contribution is 5.80. The molecule has 0 aliphatic heterocycles. The van der Waals surface area contributed by atoms with Crippen LogP contribution < -0.4 is 16.4 Å². The molecular weight excluding hydrogens is 332 g/mol. The van der Waals surface area contributed by atoms with Gasteiger partial charge in [0, 0.05) is 29.9 Å². The van der Waals surface area contributed by atoms with E-state index < -0.39 is 0 Å². The number of hydrogen-bond donors (Lipinski definition) is 3. The second-order valence-electron chi connectivity index (χ2n) is 8.89. The lowest BCUT2D eigenvalue weighted by atomic mass is 9.54.